The minimum absolute atomic E-state index is 0.120. The normalized spacial score (nSPS) is 21.1. The van der Waals surface area contributed by atoms with Gasteiger partial charge in [0.2, 0.25) is 11.0 Å². The molecular formula is C15H24N4OS2. The average Bonchev–Trinajstić information content (AvgIpc) is 3.25. The number of carbonyl (C=O) groups is 1. The maximum absolute atomic E-state index is 12.3. The van der Waals surface area contributed by atoms with Crippen molar-refractivity contribution in [2.24, 2.45) is 0 Å². The van der Waals surface area contributed by atoms with Crippen LogP contribution in [0.3, 0.4) is 0 Å². The summed E-state index contributed by atoms with van der Waals surface area (Å²) in [6.07, 6.45) is 9.77. The number of rotatable bonds is 6. The molecule has 22 heavy (non-hydrogen) atoms. The van der Waals surface area contributed by atoms with E-state index >= 15 is 0 Å². The quantitative estimate of drug-likeness (QED) is 0.613. The van der Waals surface area contributed by atoms with Crippen LogP contribution in [-0.2, 0) is 4.79 Å². The molecule has 5 nitrogen and oxygen atoms in total. The fourth-order valence-electron chi connectivity index (χ4n) is 2.66. The lowest BCUT2D eigenvalue weighted by atomic mass is 10.1. The van der Waals surface area contributed by atoms with Crippen molar-refractivity contribution in [3.63, 3.8) is 0 Å². The van der Waals surface area contributed by atoms with Gasteiger partial charge in [0.25, 0.3) is 0 Å². The van der Waals surface area contributed by atoms with Crippen LogP contribution < -0.4 is 10.6 Å². The van der Waals surface area contributed by atoms with Crippen LogP contribution in [0.5, 0.6) is 0 Å². The van der Waals surface area contributed by atoms with Crippen LogP contribution in [0.25, 0.3) is 0 Å². The van der Waals surface area contributed by atoms with Gasteiger partial charge < -0.3 is 10.6 Å². The Kier molecular flexibility index (Phi) is 5.57. The second kappa shape index (κ2) is 7.64. The van der Waals surface area contributed by atoms with Gasteiger partial charge in [-0.1, -0.05) is 48.8 Å². The summed E-state index contributed by atoms with van der Waals surface area (Å²) in [6, 6.07) is 0.946. The maximum Gasteiger partial charge on any atom is 0.233 e. The van der Waals surface area contributed by atoms with Gasteiger partial charge in [-0.3, -0.25) is 4.79 Å². The van der Waals surface area contributed by atoms with Crippen molar-refractivity contribution in [2.75, 3.05) is 5.32 Å². The number of hydrogen-bond donors (Lipinski definition) is 2. The zero-order valence-corrected chi connectivity index (χ0v) is 14.6. The molecule has 1 heterocycles. The third-order valence-electron chi connectivity index (χ3n) is 4.16. The Bertz CT molecular complexity index is 495. The van der Waals surface area contributed by atoms with Gasteiger partial charge in [-0.25, -0.2) is 0 Å². The Morgan fingerprint density at radius 2 is 1.86 bits per heavy atom. The molecule has 0 radical (unpaired) electrons. The Morgan fingerprint density at radius 3 is 2.55 bits per heavy atom. The highest BCUT2D eigenvalue weighted by molar-refractivity contribution is 8.02. The van der Waals surface area contributed by atoms with E-state index in [1.807, 2.05) is 6.92 Å². The predicted molar refractivity (Wildman–Crippen MR) is 91.5 cm³/mol. The molecule has 2 aliphatic rings. The topological polar surface area (TPSA) is 66.9 Å². The Balaban J connectivity index is 1.46. The molecule has 1 aromatic rings. The average molecular weight is 341 g/mol. The van der Waals surface area contributed by atoms with Crippen LogP contribution in [0.4, 0.5) is 5.13 Å². The molecule has 2 saturated carbocycles. The molecule has 2 fully saturated rings. The first-order valence-corrected chi connectivity index (χ1v) is 9.97. The van der Waals surface area contributed by atoms with Gasteiger partial charge in [0.05, 0.1) is 5.25 Å². The first-order chi connectivity index (χ1) is 10.7. The van der Waals surface area contributed by atoms with Gasteiger partial charge in [-0.05, 0) is 32.6 Å². The molecule has 2 N–H and O–H groups in total. The van der Waals surface area contributed by atoms with Gasteiger partial charge in [0, 0.05) is 12.1 Å². The van der Waals surface area contributed by atoms with E-state index in [-0.39, 0.29) is 11.2 Å². The lowest BCUT2D eigenvalue weighted by Crippen LogP contribution is -2.39. The van der Waals surface area contributed by atoms with Gasteiger partial charge >= 0.3 is 0 Å². The minimum Gasteiger partial charge on any atom is -0.357 e. The highest BCUT2D eigenvalue weighted by Gasteiger charge is 2.24. The van der Waals surface area contributed by atoms with E-state index < -0.39 is 0 Å². The summed E-state index contributed by atoms with van der Waals surface area (Å²) in [5.74, 6) is 0.129. The molecule has 0 aliphatic heterocycles. The summed E-state index contributed by atoms with van der Waals surface area (Å²) in [5.41, 5.74) is 0. The number of carbonyl (C=O) groups excluding carboxylic acids is 1. The molecule has 1 aromatic heterocycles. The number of nitrogens with zero attached hydrogens (tertiary/aromatic N) is 2. The van der Waals surface area contributed by atoms with Crippen LogP contribution in [0.15, 0.2) is 4.34 Å². The Hall–Kier alpha value is -0.820. The third kappa shape index (κ3) is 4.84. The van der Waals surface area contributed by atoms with Crippen molar-refractivity contribution < 1.29 is 4.79 Å². The van der Waals surface area contributed by atoms with Crippen molar-refractivity contribution in [3.05, 3.63) is 0 Å². The molecule has 0 saturated heterocycles. The van der Waals surface area contributed by atoms with Crippen LogP contribution >= 0.6 is 23.1 Å². The number of anilines is 1. The van der Waals surface area contributed by atoms with E-state index in [9.17, 15) is 4.79 Å². The van der Waals surface area contributed by atoms with Gasteiger partial charge in [-0.15, -0.1) is 10.2 Å². The van der Waals surface area contributed by atoms with Gasteiger partial charge in [0.1, 0.15) is 0 Å². The molecule has 122 valence electrons. The molecule has 0 bridgehead atoms. The van der Waals surface area contributed by atoms with E-state index in [4.69, 9.17) is 0 Å². The van der Waals surface area contributed by atoms with E-state index in [2.05, 4.69) is 20.8 Å². The highest BCUT2D eigenvalue weighted by atomic mass is 32.2. The number of hydrogen-bond acceptors (Lipinski definition) is 6. The summed E-state index contributed by atoms with van der Waals surface area (Å²) in [7, 11) is 0. The number of amides is 1. The standard InChI is InChI=1S/C15H24N4OS2/c1-10(13(20)16-11-6-4-2-3-5-7-11)21-15-19-18-14(22-15)17-12-8-9-12/h10-12H,2-9H2,1H3,(H,16,20)(H,17,18)/t10-/m0/s1. The SMILES string of the molecule is C[C@H](Sc1nnc(NC2CC2)s1)C(=O)NC1CCCCCC1. The van der Waals surface area contributed by atoms with Crippen LogP contribution in [0, 0.1) is 0 Å². The predicted octanol–water partition coefficient (Wildman–Crippen LogP) is 3.43. The molecule has 0 spiro atoms. The first kappa shape index (κ1) is 16.1. The highest BCUT2D eigenvalue weighted by Crippen LogP contribution is 2.32. The number of nitrogens with one attached hydrogen (secondary N) is 2. The summed E-state index contributed by atoms with van der Waals surface area (Å²) >= 11 is 3.05. The van der Waals surface area contributed by atoms with E-state index in [1.54, 1.807) is 11.3 Å². The first-order valence-electron chi connectivity index (χ1n) is 8.28. The Labute approximate surface area is 140 Å². The summed E-state index contributed by atoms with van der Waals surface area (Å²) in [5, 5.41) is 15.6. The van der Waals surface area contributed by atoms with Crippen molar-refractivity contribution in [2.45, 2.75) is 80.0 Å². The van der Waals surface area contributed by atoms with E-state index in [0.717, 1.165) is 22.3 Å². The minimum atomic E-state index is -0.120. The largest absolute Gasteiger partial charge is 0.357 e. The lowest BCUT2D eigenvalue weighted by molar-refractivity contribution is -0.121. The smallest absolute Gasteiger partial charge is 0.233 e. The zero-order valence-electron chi connectivity index (χ0n) is 13.0. The monoisotopic (exact) mass is 340 g/mol. The van der Waals surface area contributed by atoms with Gasteiger partial charge in [0.15, 0.2) is 4.34 Å². The summed E-state index contributed by atoms with van der Waals surface area (Å²) < 4.78 is 0.867. The molecule has 0 unspecified atom stereocenters. The number of thioether (sulfide) groups is 1. The van der Waals surface area contributed by atoms with Crippen molar-refractivity contribution in [1.82, 2.24) is 15.5 Å². The second-order valence-corrected chi connectivity index (χ2v) is 8.81. The summed E-state index contributed by atoms with van der Waals surface area (Å²) in [4.78, 5) is 12.3. The Morgan fingerprint density at radius 1 is 1.14 bits per heavy atom. The van der Waals surface area contributed by atoms with Crippen molar-refractivity contribution in [3.8, 4) is 0 Å². The van der Waals surface area contributed by atoms with Gasteiger partial charge in [-0.2, -0.15) is 0 Å². The van der Waals surface area contributed by atoms with Crippen molar-refractivity contribution >= 4 is 34.1 Å². The molecule has 1 atom stereocenters. The molecule has 0 aromatic carbocycles. The zero-order chi connectivity index (χ0) is 15.4. The van der Waals surface area contributed by atoms with Crippen LogP contribution in [-0.4, -0.2) is 33.4 Å². The maximum atomic E-state index is 12.3. The third-order valence-corrected chi connectivity index (χ3v) is 6.20. The molecule has 2 aliphatic carbocycles. The molecular weight excluding hydrogens is 316 g/mol. The van der Waals surface area contributed by atoms with E-state index in [0.29, 0.717) is 12.1 Å². The lowest BCUT2D eigenvalue weighted by Gasteiger charge is -2.18. The fraction of sp³-hybridized carbons (Fsp3) is 0.800. The second-order valence-electron chi connectivity index (χ2n) is 6.25. The summed E-state index contributed by atoms with van der Waals surface area (Å²) in [6.45, 7) is 1.95. The van der Waals surface area contributed by atoms with E-state index in [1.165, 1.54) is 50.3 Å². The molecule has 3 rings (SSSR count). The van der Waals surface area contributed by atoms with Crippen LogP contribution in [0.2, 0.25) is 0 Å². The molecule has 1 amide bonds. The van der Waals surface area contributed by atoms with Crippen molar-refractivity contribution in [1.29, 1.82) is 0 Å². The fourth-order valence-corrected chi connectivity index (χ4v) is 4.65. The number of aromatic nitrogens is 2. The van der Waals surface area contributed by atoms with Crippen LogP contribution in [0.1, 0.15) is 58.3 Å². The molecule has 7 heteroatoms.